The van der Waals surface area contributed by atoms with Crippen molar-refractivity contribution < 1.29 is 39.3 Å². The Labute approximate surface area is 319 Å². The molecule has 11 heteroatoms. The Morgan fingerprint density at radius 1 is 0.711 bits per heavy atom. The van der Waals surface area contributed by atoms with Crippen LogP contribution in [0.1, 0.15) is 78.1 Å². The number of carboxylic acid groups (broad SMARTS) is 2. The number of carbonyl (C=O) groups is 2. The van der Waals surface area contributed by atoms with Gasteiger partial charge in [-0.25, -0.2) is 9.97 Å². The molecule has 0 spiro atoms. The molecule has 5 rings (SSSR count). The van der Waals surface area contributed by atoms with Crippen molar-refractivity contribution in [1.29, 1.82) is 0 Å². The van der Waals surface area contributed by atoms with Gasteiger partial charge in [0.1, 0.15) is 0 Å². The van der Waals surface area contributed by atoms with E-state index in [2.05, 4.69) is 13.2 Å². The molecule has 2 N–H and O–H groups in total. The van der Waals surface area contributed by atoms with Crippen LogP contribution >= 0.6 is 0 Å². The fraction of sp³-hybridized carbons (Fsp3) is 0.235. The van der Waals surface area contributed by atoms with Crippen LogP contribution in [0, 0.1) is 13.8 Å². The van der Waals surface area contributed by atoms with Crippen LogP contribution in [0.3, 0.4) is 0 Å². The van der Waals surface area contributed by atoms with Crippen molar-refractivity contribution in [3.8, 4) is 0 Å². The second-order valence-electron chi connectivity index (χ2n) is 10.6. The maximum atomic E-state index is 11.5. The Bertz CT molecular complexity index is 1940. The number of fused-ring (bicyclic) bond motifs is 8. The molecule has 3 aromatic heterocycles. The van der Waals surface area contributed by atoms with Crippen LogP contribution in [0.15, 0.2) is 43.5 Å². The maximum absolute atomic E-state index is 11.5. The van der Waals surface area contributed by atoms with E-state index < -0.39 is 11.9 Å². The Morgan fingerprint density at radius 3 is 1.84 bits per heavy atom. The summed E-state index contributed by atoms with van der Waals surface area (Å²) in [4.78, 5) is 42.7. The van der Waals surface area contributed by atoms with E-state index in [9.17, 15) is 19.8 Å². The zero-order valence-electron chi connectivity index (χ0n) is 26.9. The van der Waals surface area contributed by atoms with Gasteiger partial charge in [-0.05, 0) is 62.8 Å². The van der Waals surface area contributed by atoms with Gasteiger partial charge in [0.2, 0.25) is 0 Å². The third kappa shape index (κ3) is 7.79. The molecule has 0 fully saturated rings. The minimum absolute atomic E-state index is 0. The van der Waals surface area contributed by atoms with Crippen molar-refractivity contribution in [1.82, 2.24) is 19.9 Å². The smallest absolute Gasteiger partial charge is 0.657 e. The van der Waals surface area contributed by atoms with E-state index >= 15 is 0 Å². The molecule has 8 nitrogen and oxygen atoms in total. The first kappa shape index (κ1) is 38.8. The number of carboxylic acids is 2. The van der Waals surface area contributed by atoms with Gasteiger partial charge < -0.3 is 20.2 Å². The molecule has 2 radical (unpaired) electrons. The van der Waals surface area contributed by atoms with Gasteiger partial charge in [0.25, 0.3) is 0 Å². The first-order valence-corrected chi connectivity index (χ1v) is 13.8. The Hall–Kier alpha value is -2.36. The van der Waals surface area contributed by atoms with Crippen LogP contribution in [0.25, 0.3) is 50.4 Å². The quantitative estimate of drug-likeness (QED) is 0.279. The molecule has 0 aromatic carbocycles. The summed E-state index contributed by atoms with van der Waals surface area (Å²) in [5.74, 6) is -1.80. The molecular formula is C34H32N4Na2O4Zn. The third-order valence-corrected chi connectivity index (χ3v) is 8.06. The molecule has 0 saturated carbocycles. The largest absolute Gasteiger partial charge is 2.00 e. The summed E-state index contributed by atoms with van der Waals surface area (Å²) in [7, 11) is 0. The predicted molar refractivity (Wildman–Crippen MR) is 178 cm³/mol. The number of aryl methyl sites for hydroxylation is 3. The van der Waals surface area contributed by atoms with Crippen molar-refractivity contribution in [2.45, 2.75) is 53.4 Å². The van der Waals surface area contributed by atoms with Gasteiger partial charge in [0, 0.05) is 77.5 Å². The summed E-state index contributed by atoms with van der Waals surface area (Å²) in [6.45, 7) is 15.9. The predicted octanol–water partition coefficient (Wildman–Crippen LogP) is 6.00. The van der Waals surface area contributed by atoms with Crippen LogP contribution in [0.4, 0.5) is 0 Å². The number of hydrogen-bond acceptors (Lipinski definition) is 4. The molecule has 0 unspecified atom stereocenters. The molecule has 0 aliphatic carbocycles. The normalized spacial score (nSPS) is 12.2. The summed E-state index contributed by atoms with van der Waals surface area (Å²) >= 11 is 0. The summed E-state index contributed by atoms with van der Waals surface area (Å²) < 4.78 is 0. The number of aromatic nitrogens is 4. The van der Waals surface area contributed by atoms with Crippen molar-refractivity contribution in [2.75, 3.05) is 0 Å². The summed E-state index contributed by atoms with van der Waals surface area (Å²) in [6, 6.07) is 7.62. The van der Waals surface area contributed by atoms with Crippen LogP contribution in [0.2, 0.25) is 0 Å². The van der Waals surface area contributed by atoms with E-state index in [0.717, 1.165) is 61.5 Å². The van der Waals surface area contributed by atoms with Crippen molar-refractivity contribution in [3.63, 3.8) is 0 Å². The van der Waals surface area contributed by atoms with Gasteiger partial charge in [-0.3, -0.25) is 9.59 Å². The molecule has 45 heavy (non-hydrogen) atoms. The summed E-state index contributed by atoms with van der Waals surface area (Å²) in [5.41, 5.74) is 12.6. The number of hydrogen-bond donors (Lipinski definition) is 2. The van der Waals surface area contributed by atoms with Crippen molar-refractivity contribution >= 4 is 121 Å². The summed E-state index contributed by atoms with van der Waals surface area (Å²) in [6.07, 6.45) is 4.06. The van der Waals surface area contributed by atoms with Gasteiger partial charge in [-0.15, -0.1) is 22.1 Å². The SMILES string of the molecule is C=CC1=C(C)c2cc3[n-]c(cc4nc(cc5[n-]c(cc1n2)c(C)c5C=C)C(C)=C4CCC(=O)O)c(CCC(=O)O)c3C.[Na].[Na].[Zn+2]. The van der Waals surface area contributed by atoms with E-state index in [1.165, 1.54) is 0 Å². The van der Waals surface area contributed by atoms with E-state index in [-0.39, 0.29) is 91.4 Å². The van der Waals surface area contributed by atoms with Gasteiger partial charge in [0.05, 0.1) is 22.8 Å². The van der Waals surface area contributed by atoms with Crippen molar-refractivity contribution in [3.05, 3.63) is 88.5 Å². The molecule has 0 atom stereocenters. The first-order chi connectivity index (χ1) is 20.0. The topological polar surface area (TPSA) is 129 Å². The third-order valence-electron chi connectivity index (χ3n) is 8.06. The van der Waals surface area contributed by atoms with E-state index in [1.807, 2.05) is 52.0 Å². The standard InChI is InChI=1S/C34H34N4O4.2Na.Zn/c1-7-21-17(3)25-13-26-19(5)23(9-11-33(39)40)31(37-26)16-32-24(10-12-34(41)42)20(6)28(38-32)15-30-22(8-2)18(4)27(36-30)14-29(21)35-25;;;/h7-8,13-16H,1-2,9-12H2,3-6H3,(H4,35,36,37,38,39,40,41,42);;;/q;;;+2/p-2. The number of aliphatic carboxylic acids is 2. The van der Waals surface area contributed by atoms with Crippen LogP contribution in [-0.4, -0.2) is 91.2 Å². The molecule has 0 amide bonds. The van der Waals surface area contributed by atoms with E-state index in [0.29, 0.717) is 40.8 Å². The van der Waals surface area contributed by atoms with Gasteiger partial charge >= 0.3 is 31.4 Å². The first-order valence-electron chi connectivity index (χ1n) is 13.8. The molecular weight excluding hydrogens is 640 g/mol. The molecule has 0 saturated heterocycles. The molecule has 2 aliphatic rings. The zero-order chi connectivity index (χ0) is 30.3. The number of allylic oxidation sites excluding steroid dienone is 5. The monoisotopic (exact) mass is 670 g/mol. The second-order valence-corrected chi connectivity index (χ2v) is 10.6. The Kier molecular flexibility index (Phi) is 13.8. The van der Waals surface area contributed by atoms with Gasteiger partial charge in [-0.2, -0.15) is 0 Å². The fourth-order valence-corrected chi connectivity index (χ4v) is 5.61. The van der Waals surface area contributed by atoms with Crippen LogP contribution < -0.4 is 9.97 Å². The molecule has 216 valence electrons. The van der Waals surface area contributed by atoms with Crippen LogP contribution in [-0.2, 0) is 35.5 Å². The van der Waals surface area contributed by atoms with Gasteiger partial charge in [0.15, 0.2) is 0 Å². The Morgan fingerprint density at radius 2 is 1.22 bits per heavy atom. The molecule has 5 heterocycles. The second kappa shape index (κ2) is 16.0. The van der Waals surface area contributed by atoms with E-state index in [1.54, 1.807) is 12.2 Å². The zero-order valence-corrected chi connectivity index (χ0v) is 33.9. The fourth-order valence-electron chi connectivity index (χ4n) is 5.61. The molecule has 8 bridgehead atoms. The Balaban J connectivity index is 0.00000235. The summed E-state index contributed by atoms with van der Waals surface area (Å²) in [5, 5.41) is 18.9. The maximum Gasteiger partial charge on any atom is 2.00 e. The minimum atomic E-state index is -0.898. The van der Waals surface area contributed by atoms with Crippen LogP contribution in [0.5, 0.6) is 0 Å². The molecule has 3 aromatic rings. The number of rotatable bonds is 8. The van der Waals surface area contributed by atoms with Crippen molar-refractivity contribution in [2.24, 2.45) is 0 Å². The average Bonchev–Trinajstić information content (AvgIpc) is 3.59. The molecule has 2 aliphatic heterocycles. The van der Waals surface area contributed by atoms with E-state index in [4.69, 9.17) is 19.9 Å². The number of nitrogens with zero attached hydrogens (tertiary/aromatic N) is 4. The minimum Gasteiger partial charge on any atom is -0.657 e. The average molecular weight is 672 g/mol. The van der Waals surface area contributed by atoms with Gasteiger partial charge in [-0.1, -0.05) is 66.3 Å².